The molecule has 0 spiro atoms. The van der Waals surface area contributed by atoms with Gasteiger partial charge in [0.1, 0.15) is 0 Å². The van der Waals surface area contributed by atoms with Crippen LogP contribution in [0.5, 0.6) is 0 Å². The number of hydrogen-bond donors (Lipinski definition) is 0. The lowest BCUT2D eigenvalue weighted by atomic mass is 10.2. The van der Waals surface area contributed by atoms with Crippen LogP contribution in [0.15, 0.2) is 11.8 Å². The van der Waals surface area contributed by atoms with Crippen molar-refractivity contribution in [2.45, 2.75) is 26.2 Å². The van der Waals surface area contributed by atoms with Crippen LogP contribution in [0.1, 0.15) is 26.2 Å². The normalized spacial score (nSPS) is 12.6. The Hall–Kier alpha value is -0.163. The van der Waals surface area contributed by atoms with Crippen molar-refractivity contribution in [2.75, 3.05) is 21.3 Å². The molecule has 0 aromatic rings. The lowest BCUT2D eigenvalue weighted by molar-refractivity contribution is 0.138. The highest BCUT2D eigenvalue weighted by Gasteiger charge is 2.33. The van der Waals surface area contributed by atoms with E-state index in [4.69, 9.17) is 13.3 Å². The Morgan fingerprint density at radius 3 is 2.00 bits per heavy atom. The summed E-state index contributed by atoms with van der Waals surface area (Å²) < 4.78 is 15.7. The van der Waals surface area contributed by atoms with Crippen molar-refractivity contribution >= 4 is 8.80 Å². The van der Waals surface area contributed by atoms with Crippen LogP contribution >= 0.6 is 0 Å². The van der Waals surface area contributed by atoms with Gasteiger partial charge in [-0.15, -0.1) is 0 Å². The molecule has 0 saturated heterocycles. The molecule has 0 rings (SSSR count). The maximum absolute atomic E-state index is 5.22. The monoisotopic (exact) mass is 204 g/mol. The van der Waals surface area contributed by atoms with Crippen molar-refractivity contribution in [2.24, 2.45) is 0 Å². The van der Waals surface area contributed by atoms with Gasteiger partial charge in [0.15, 0.2) is 0 Å². The molecule has 0 heterocycles. The fourth-order valence-electron chi connectivity index (χ4n) is 1.00. The Kier molecular flexibility index (Phi) is 7.17. The van der Waals surface area contributed by atoms with Gasteiger partial charge in [-0.05, 0) is 12.1 Å². The minimum atomic E-state index is -2.45. The lowest BCUT2D eigenvalue weighted by Crippen LogP contribution is -2.40. The second-order valence-corrected chi connectivity index (χ2v) is 5.53. The predicted molar refractivity (Wildman–Crippen MR) is 55.4 cm³/mol. The average molecular weight is 204 g/mol. The third-order valence-electron chi connectivity index (χ3n) is 1.90. The number of unbranched alkanes of at least 4 members (excludes halogenated alkanes) is 2. The molecule has 0 amide bonds. The van der Waals surface area contributed by atoms with E-state index in [9.17, 15) is 0 Å². The highest BCUT2D eigenvalue weighted by atomic mass is 28.4. The summed E-state index contributed by atoms with van der Waals surface area (Å²) in [5, 5.41) is 0. The van der Waals surface area contributed by atoms with Gasteiger partial charge in [0.25, 0.3) is 0 Å². The van der Waals surface area contributed by atoms with Gasteiger partial charge in [0.05, 0.1) is 0 Å². The molecule has 13 heavy (non-hydrogen) atoms. The third kappa shape index (κ3) is 4.57. The van der Waals surface area contributed by atoms with Crippen LogP contribution in [0.3, 0.4) is 0 Å². The second-order valence-electron chi connectivity index (χ2n) is 2.76. The summed E-state index contributed by atoms with van der Waals surface area (Å²) in [6.07, 6.45) is 5.53. The van der Waals surface area contributed by atoms with Crippen molar-refractivity contribution in [1.29, 1.82) is 0 Å². The fraction of sp³-hybridized carbons (Fsp3) is 0.778. The summed E-state index contributed by atoms with van der Waals surface area (Å²) in [6, 6.07) is 0. The number of rotatable bonds is 7. The molecular weight excluding hydrogens is 184 g/mol. The van der Waals surface area contributed by atoms with Crippen LogP contribution in [0.25, 0.3) is 0 Å². The van der Waals surface area contributed by atoms with E-state index in [2.05, 4.69) is 13.0 Å². The minimum Gasteiger partial charge on any atom is -0.374 e. The van der Waals surface area contributed by atoms with E-state index in [1.807, 2.05) is 5.70 Å². The third-order valence-corrected chi connectivity index (χ3v) is 4.25. The molecule has 3 nitrogen and oxygen atoms in total. The Balaban J connectivity index is 4.00. The summed E-state index contributed by atoms with van der Waals surface area (Å²) >= 11 is 0. The molecule has 0 radical (unpaired) electrons. The maximum Gasteiger partial charge on any atom is 0.528 e. The Morgan fingerprint density at radius 2 is 1.62 bits per heavy atom. The fourth-order valence-corrected chi connectivity index (χ4v) is 2.37. The van der Waals surface area contributed by atoms with E-state index < -0.39 is 8.80 Å². The van der Waals surface area contributed by atoms with Crippen LogP contribution in [-0.4, -0.2) is 30.1 Å². The summed E-state index contributed by atoms with van der Waals surface area (Å²) in [4.78, 5) is 0. The van der Waals surface area contributed by atoms with Gasteiger partial charge in [-0.3, -0.25) is 0 Å². The van der Waals surface area contributed by atoms with Crippen molar-refractivity contribution in [1.82, 2.24) is 0 Å². The zero-order valence-electron chi connectivity index (χ0n) is 9.00. The molecular formula is C9H20O3Si. The molecule has 0 aromatic carbocycles. The van der Waals surface area contributed by atoms with Crippen LogP contribution < -0.4 is 0 Å². The molecule has 0 atom stereocenters. The highest BCUT2D eigenvalue weighted by molar-refractivity contribution is 6.66. The van der Waals surface area contributed by atoms with Gasteiger partial charge in [-0.2, -0.15) is 0 Å². The van der Waals surface area contributed by atoms with E-state index in [0.29, 0.717) is 0 Å². The van der Waals surface area contributed by atoms with Crippen LogP contribution in [-0.2, 0) is 13.3 Å². The van der Waals surface area contributed by atoms with Crippen LogP contribution in [0, 0.1) is 0 Å². The van der Waals surface area contributed by atoms with Gasteiger partial charge in [0.2, 0.25) is 0 Å². The number of allylic oxidation sites excluding steroid dienone is 1. The number of hydrogen-bond acceptors (Lipinski definition) is 3. The van der Waals surface area contributed by atoms with Crippen molar-refractivity contribution in [3.8, 4) is 0 Å². The summed E-state index contributed by atoms with van der Waals surface area (Å²) in [6.45, 7) is 2.17. The van der Waals surface area contributed by atoms with Gasteiger partial charge in [0, 0.05) is 21.3 Å². The molecule has 0 saturated carbocycles. The molecule has 0 aliphatic heterocycles. The van der Waals surface area contributed by atoms with E-state index >= 15 is 0 Å². The molecule has 0 aromatic heterocycles. The van der Waals surface area contributed by atoms with Gasteiger partial charge >= 0.3 is 8.80 Å². The minimum absolute atomic E-state index is 1.06. The summed E-state index contributed by atoms with van der Waals surface area (Å²) in [5.74, 6) is 0. The predicted octanol–water partition coefficient (Wildman–Crippen LogP) is 2.15. The molecule has 0 aliphatic carbocycles. The molecule has 0 fully saturated rings. The van der Waals surface area contributed by atoms with Gasteiger partial charge in [-0.25, -0.2) is 0 Å². The topological polar surface area (TPSA) is 27.7 Å². The first-order chi connectivity index (χ1) is 6.24. The second kappa shape index (κ2) is 7.26. The van der Waals surface area contributed by atoms with Crippen LogP contribution in [0.2, 0.25) is 0 Å². The first kappa shape index (κ1) is 12.8. The molecule has 0 N–H and O–H groups in total. The van der Waals surface area contributed by atoms with E-state index in [1.54, 1.807) is 21.3 Å². The molecule has 4 heteroatoms. The smallest absolute Gasteiger partial charge is 0.374 e. The molecule has 0 unspecified atom stereocenters. The van der Waals surface area contributed by atoms with Gasteiger partial charge in [-0.1, -0.05) is 25.8 Å². The standard InChI is InChI=1S/C9H20O3Si/c1-5-6-7-8-9-13(10-2,11-3)12-4/h8-9H,5-7H2,1-4H3/b9-8-. The Labute approximate surface area is 82.1 Å². The molecule has 0 aliphatic rings. The highest BCUT2D eigenvalue weighted by Crippen LogP contribution is 2.08. The summed E-state index contributed by atoms with van der Waals surface area (Å²) in [5.41, 5.74) is 1.93. The largest absolute Gasteiger partial charge is 0.528 e. The average Bonchev–Trinajstić information content (AvgIpc) is 2.20. The van der Waals surface area contributed by atoms with Crippen LogP contribution in [0.4, 0.5) is 0 Å². The van der Waals surface area contributed by atoms with Crippen molar-refractivity contribution in [3.05, 3.63) is 11.8 Å². The van der Waals surface area contributed by atoms with E-state index in [1.165, 1.54) is 12.8 Å². The van der Waals surface area contributed by atoms with Crippen molar-refractivity contribution in [3.63, 3.8) is 0 Å². The van der Waals surface area contributed by atoms with E-state index in [-0.39, 0.29) is 0 Å². The molecule has 78 valence electrons. The van der Waals surface area contributed by atoms with Gasteiger partial charge < -0.3 is 13.3 Å². The SMILES string of the molecule is CCCC/C=C\[Si](OC)(OC)OC. The maximum atomic E-state index is 5.22. The summed E-state index contributed by atoms with van der Waals surface area (Å²) in [7, 11) is 2.40. The quantitative estimate of drug-likeness (QED) is 0.470. The zero-order chi connectivity index (χ0) is 10.2. The zero-order valence-corrected chi connectivity index (χ0v) is 10.0. The van der Waals surface area contributed by atoms with Crippen molar-refractivity contribution < 1.29 is 13.3 Å². The van der Waals surface area contributed by atoms with E-state index in [0.717, 1.165) is 6.42 Å². The Bertz CT molecular complexity index is 136. The Morgan fingerprint density at radius 1 is 1.08 bits per heavy atom. The molecule has 0 bridgehead atoms. The first-order valence-electron chi connectivity index (χ1n) is 4.57. The lowest BCUT2D eigenvalue weighted by Gasteiger charge is -2.20. The first-order valence-corrected chi connectivity index (χ1v) is 6.38.